The summed E-state index contributed by atoms with van der Waals surface area (Å²) in [5.41, 5.74) is 0.908. The Kier molecular flexibility index (Phi) is 5.62. The molecule has 0 unspecified atom stereocenters. The van der Waals surface area contributed by atoms with Gasteiger partial charge < -0.3 is 14.8 Å². The van der Waals surface area contributed by atoms with Crippen LogP contribution in [0.1, 0.15) is 5.56 Å². The lowest BCUT2D eigenvalue weighted by Crippen LogP contribution is -2.12. The summed E-state index contributed by atoms with van der Waals surface area (Å²) < 4.78 is 9.67. The van der Waals surface area contributed by atoms with Crippen LogP contribution in [0.5, 0.6) is 5.75 Å². The van der Waals surface area contributed by atoms with Crippen LogP contribution in [0, 0.1) is 11.8 Å². The quantitative estimate of drug-likeness (QED) is 0.617. The molecule has 0 atom stereocenters. The van der Waals surface area contributed by atoms with Crippen LogP contribution in [-0.2, 0) is 9.53 Å². The maximum Gasteiger partial charge on any atom is 0.343 e. The van der Waals surface area contributed by atoms with E-state index in [1.165, 1.54) is 7.11 Å². The first kappa shape index (κ1) is 13.1. The van der Waals surface area contributed by atoms with E-state index in [4.69, 9.17) is 4.74 Å². The molecule has 4 heteroatoms. The van der Waals surface area contributed by atoms with E-state index < -0.39 is 5.97 Å². The van der Waals surface area contributed by atoms with Crippen LogP contribution < -0.4 is 10.1 Å². The molecule has 0 saturated heterocycles. The molecule has 0 fully saturated rings. The molecule has 0 spiro atoms. The molecule has 0 aliphatic carbocycles. The van der Waals surface area contributed by atoms with Gasteiger partial charge in [-0.3, -0.25) is 0 Å². The minimum absolute atomic E-state index is 0.0821. The van der Waals surface area contributed by atoms with Crippen molar-refractivity contribution < 1.29 is 14.3 Å². The summed E-state index contributed by atoms with van der Waals surface area (Å²) in [6.07, 6.45) is 0. The maximum atomic E-state index is 10.8. The highest BCUT2D eigenvalue weighted by Crippen LogP contribution is 2.11. The predicted molar refractivity (Wildman–Crippen MR) is 64.8 cm³/mol. The molecular formula is C13H15NO3. The molecule has 1 aromatic rings. The van der Waals surface area contributed by atoms with Gasteiger partial charge in [-0.25, -0.2) is 4.79 Å². The second-order valence-corrected chi connectivity index (χ2v) is 3.22. The van der Waals surface area contributed by atoms with Crippen LogP contribution in [0.4, 0.5) is 0 Å². The average Bonchev–Trinajstić information content (AvgIpc) is 2.37. The van der Waals surface area contributed by atoms with Crippen LogP contribution in [0.15, 0.2) is 24.3 Å². The summed E-state index contributed by atoms with van der Waals surface area (Å²) in [4.78, 5) is 10.8. The number of hydrogen-bond donors (Lipinski definition) is 1. The van der Waals surface area contributed by atoms with Gasteiger partial charge in [0.2, 0.25) is 0 Å². The topological polar surface area (TPSA) is 47.6 Å². The molecule has 90 valence electrons. The van der Waals surface area contributed by atoms with Crippen molar-refractivity contribution in [1.29, 1.82) is 0 Å². The number of nitrogens with one attached hydrogen (secondary N) is 1. The molecule has 1 N–H and O–H groups in total. The van der Waals surface area contributed by atoms with Gasteiger partial charge in [-0.05, 0) is 31.3 Å². The van der Waals surface area contributed by atoms with Gasteiger partial charge in [0.25, 0.3) is 0 Å². The average molecular weight is 233 g/mol. The number of esters is 1. The SMILES string of the molecule is CNCC#Cc1ccc(OCC(=O)OC)cc1. The van der Waals surface area contributed by atoms with Crippen molar-refractivity contribution in [3.05, 3.63) is 29.8 Å². The Morgan fingerprint density at radius 1 is 1.35 bits per heavy atom. The van der Waals surface area contributed by atoms with Crippen molar-refractivity contribution >= 4 is 5.97 Å². The van der Waals surface area contributed by atoms with E-state index in [9.17, 15) is 4.79 Å². The highest BCUT2D eigenvalue weighted by Gasteiger charge is 2.00. The summed E-state index contributed by atoms with van der Waals surface area (Å²) in [7, 11) is 3.17. The molecule has 0 amide bonds. The van der Waals surface area contributed by atoms with E-state index in [0.717, 1.165) is 5.56 Å². The second kappa shape index (κ2) is 7.31. The molecule has 0 aromatic heterocycles. The largest absolute Gasteiger partial charge is 0.482 e. The van der Waals surface area contributed by atoms with Crippen molar-refractivity contribution in [3.63, 3.8) is 0 Å². The summed E-state index contributed by atoms with van der Waals surface area (Å²) in [5, 5.41) is 2.94. The van der Waals surface area contributed by atoms with Crippen LogP contribution >= 0.6 is 0 Å². The lowest BCUT2D eigenvalue weighted by molar-refractivity contribution is -0.142. The van der Waals surface area contributed by atoms with Crippen LogP contribution in [0.2, 0.25) is 0 Å². The monoisotopic (exact) mass is 233 g/mol. The van der Waals surface area contributed by atoms with Crippen LogP contribution in [-0.4, -0.2) is 33.3 Å². The van der Waals surface area contributed by atoms with Gasteiger partial charge in [0.05, 0.1) is 13.7 Å². The third-order valence-electron chi connectivity index (χ3n) is 1.94. The van der Waals surface area contributed by atoms with Crippen molar-refractivity contribution in [3.8, 4) is 17.6 Å². The number of hydrogen-bond acceptors (Lipinski definition) is 4. The Morgan fingerprint density at radius 3 is 2.65 bits per heavy atom. The number of carbonyl (C=O) groups excluding carboxylic acids is 1. The van der Waals surface area contributed by atoms with E-state index in [-0.39, 0.29) is 6.61 Å². The molecule has 0 radical (unpaired) electrons. The minimum atomic E-state index is -0.400. The molecule has 17 heavy (non-hydrogen) atoms. The Morgan fingerprint density at radius 2 is 2.06 bits per heavy atom. The first-order valence-electron chi connectivity index (χ1n) is 5.19. The van der Waals surface area contributed by atoms with Gasteiger partial charge in [0.15, 0.2) is 6.61 Å². The fraction of sp³-hybridized carbons (Fsp3) is 0.308. The van der Waals surface area contributed by atoms with E-state index in [1.807, 2.05) is 19.2 Å². The zero-order valence-corrected chi connectivity index (χ0v) is 9.95. The molecule has 0 heterocycles. The van der Waals surface area contributed by atoms with Gasteiger partial charge in [0.1, 0.15) is 5.75 Å². The maximum absolute atomic E-state index is 10.8. The third kappa shape index (κ3) is 5.05. The zero-order chi connectivity index (χ0) is 12.5. The fourth-order valence-electron chi connectivity index (χ4n) is 1.07. The molecule has 0 aliphatic heterocycles. The number of carbonyl (C=O) groups is 1. The first-order chi connectivity index (χ1) is 8.26. The molecule has 1 rings (SSSR count). The predicted octanol–water partition coefficient (Wildman–Crippen LogP) is 0.809. The standard InChI is InChI=1S/C13H15NO3/c1-14-9-3-4-11-5-7-12(8-6-11)17-10-13(15)16-2/h5-8,14H,9-10H2,1-2H3. The zero-order valence-electron chi connectivity index (χ0n) is 9.95. The molecule has 0 aliphatic rings. The molecular weight excluding hydrogens is 218 g/mol. The van der Waals surface area contributed by atoms with E-state index in [2.05, 4.69) is 21.9 Å². The van der Waals surface area contributed by atoms with Crippen molar-refractivity contribution in [2.24, 2.45) is 0 Å². The fourth-order valence-corrected chi connectivity index (χ4v) is 1.07. The molecule has 0 bridgehead atoms. The van der Waals surface area contributed by atoms with Crippen LogP contribution in [0.25, 0.3) is 0 Å². The van der Waals surface area contributed by atoms with Crippen molar-refractivity contribution in [2.75, 3.05) is 27.3 Å². The lowest BCUT2D eigenvalue weighted by atomic mass is 10.2. The normalized spacial score (nSPS) is 9.06. The highest BCUT2D eigenvalue weighted by molar-refractivity contribution is 5.70. The summed E-state index contributed by atoms with van der Waals surface area (Å²) in [6, 6.07) is 7.23. The number of ether oxygens (including phenoxy) is 2. The van der Waals surface area contributed by atoms with Gasteiger partial charge in [0, 0.05) is 5.56 Å². The number of methoxy groups -OCH3 is 1. The van der Waals surface area contributed by atoms with Crippen LogP contribution in [0.3, 0.4) is 0 Å². The lowest BCUT2D eigenvalue weighted by Gasteiger charge is -2.04. The van der Waals surface area contributed by atoms with Gasteiger partial charge in [-0.15, -0.1) is 0 Å². The Balaban J connectivity index is 2.51. The third-order valence-corrected chi connectivity index (χ3v) is 1.94. The van der Waals surface area contributed by atoms with E-state index in [0.29, 0.717) is 12.3 Å². The number of rotatable bonds is 4. The molecule has 1 aromatic carbocycles. The van der Waals surface area contributed by atoms with Crippen molar-refractivity contribution in [1.82, 2.24) is 5.32 Å². The Hall–Kier alpha value is -1.99. The summed E-state index contributed by atoms with van der Waals surface area (Å²) >= 11 is 0. The van der Waals surface area contributed by atoms with Crippen molar-refractivity contribution in [2.45, 2.75) is 0 Å². The minimum Gasteiger partial charge on any atom is -0.482 e. The summed E-state index contributed by atoms with van der Waals surface area (Å²) in [6.45, 7) is 0.571. The van der Waals surface area contributed by atoms with E-state index >= 15 is 0 Å². The molecule has 0 saturated carbocycles. The number of benzene rings is 1. The Bertz CT molecular complexity index is 415. The van der Waals surface area contributed by atoms with Gasteiger partial charge >= 0.3 is 5.97 Å². The van der Waals surface area contributed by atoms with Gasteiger partial charge in [-0.1, -0.05) is 11.8 Å². The smallest absolute Gasteiger partial charge is 0.343 e. The van der Waals surface area contributed by atoms with E-state index in [1.54, 1.807) is 12.1 Å². The first-order valence-corrected chi connectivity index (χ1v) is 5.19. The van der Waals surface area contributed by atoms with Gasteiger partial charge in [-0.2, -0.15) is 0 Å². The molecule has 4 nitrogen and oxygen atoms in total. The summed E-state index contributed by atoms with van der Waals surface area (Å²) in [5.74, 6) is 6.16. The second-order valence-electron chi connectivity index (χ2n) is 3.22. The Labute approximate surface area is 101 Å². The highest BCUT2D eigenvalue weighted by atomic mass is 16.6.